The summed E-state index contributed by atoms with van der Waals surface area (Å²) in [5.74, 6) is 0.0140. The minimum absolute atomic E-state index is 0.277. The highest BCUT2D eigenvalue weighted by Gasteiger charge is 2.21. The maximum absolute atomic E-state index is 12.2. The average molecular weight is 350 g/mol. The largest absolute Gasteiger partial charge is 0.283 e. The van der Waals surface area contributed by atoms with Crippen LogP contribution in [0.3, 0.4) is 0 Å². The molecule has 0 fully saturated rings. The maximum Gasteiger partial charge on any atom is 0.283 e. The van der Waals surface area contributed by atoms with Gasteiger partial charge in [-0.05, 0) is 54.8 Å². The van der Waals surface area contributed by atoms with Gasteiger partial charge in [0, 0.05) is 4.88 Å². The van der Waals surface area contributed by atoms with Crippen LogP contribution in [0.2, 0.25) is 0 Å². The van der Waals surface area contributed by atoms with Crippen LogP contribution in [-0.4, -0.2) is 21.4 Å². The average Bonchev–Trinajstić information content (AvgIpc) is 3.17. The summed E-state index contributed by atoms with van der Waals surface area (Å²) in [5.41, 5.74) is 6.84. The molecule has 6 nitrogen and oxygen atoms in total. The molecule has 2 N–H and O–H groups in total. The number of carbonyl (C=O) groups excluding carboxylic acids is 2. The molecule has 122 valence electrons. The molecule has 1 atom stereocenters. The molecule has 23 heavy (non-hydrogen) atoms. The van der Waals surface area contributed by atoms with E-state index >= 15 is 0 Å². The van der Waals surface area contributed by atoms with Gasteiger partial charge in [-0.25, -0.2) is 0 Å². The zero-order valence-corrected chi connectivity index (χ0v) is 14.6. The lowest BCUT2D eigenvalue weighted by molar-refractivity contribution is 0.0850. The fourth-order valence-electron chi connectivity index (χ4n) is 2.66. The molecule has 1 unspecified atom stereocenters. The van der Waals surface area contributed by atoms with Gasteiger partial charge in [0.1, 0.15) is 4.88 Å². The molecule has 0 spiro atoms. The zero-order chi connectivity index (χ0) is 16.4. The molecule has 0 aliphatic heterocycles. The van der Waals surface area contributed by atoms with Crippen molar-refractivity contribution in [1.82, 2.24) is 20.4 Å². The van der Waals surface area contributed by atoms with E-state index in [1.807, 2.05) is 13.0 Å². The first-order valence-corrected chi connectivity index (χ1v) is 9.21. The number of aromatic nitrogens is 2. The summed E-state index contributed by atoms with van der Waals surface area (Å²) in [6, 6.07) is 1.95. The van der Waals surface area contributed by atoms with Crippen molar-refractivity contribution < 1.29 is 9.59 Å². The number of rotatable bonds is 3. The molecular weight excluding hydrogens is 332 g/mol. The fourth-order valence-corrected chi connectivity index (χ4v) is 4.41. The number of thiophene rings is 1. The third-order valence-corrected chi connectivity index (χ3v) is 5.94. The highest BCUT2D eigenvalue weighted by molar-refractivity contribution is 7.14. The first-order valence-electron chi connectivity index (χ1n) is 7.62. The van der Waals surface area contributed by atoms with E-state index in [4.69, 9.17) is 0 Å². The van der Waals surface area contributed by atoms with E-state index in [9.17, 15) is 9.59 Å². The Bertz CT molecular complexity index is 738. The molecule has 3 rings (SSSR count). The molecule has 0 bridgehead atoms. The Morgan fingerprint density at radius 2 is 2.13 bits per heavy atom. The van der Waals surface area contributed by atoms with Gasteiger partial charge in [0.15, 0.2) is 0 Å². The van der Waals surface area contributed by atoms with E-state index in [0.29, 0.717) is 27.8 Å². The summed E-state index contributed by atoms with van der Waals surface area (Å²) in [6.45, 7) is 4.14. The van der Waals surface area contributed by atoms with E-state index in [1.165, 1.54) is 28.2 Å². The lowest BCUT2D eigenvalue weighted by Crippen LogP contribution is -2.41. The molecule has 1 aliphatic carbocycles. The van der Waals surface area contributed by atoms with Gasteiger partial charge in [-0.3, -0.25) is 20.4 Å². The second kappa shape index (κ2) is 6.76. The Morgan fingerprint density at radius 1 is 1.35 bits per heavy atom. The molecule has 1 aliphatic rings. The van der Waals surface area contributed by atoms with Crippen LogP contribution < -0.4 is 10.9 Å². The molecule has 8 heteroatoms. The predicted octanol–water partition coefficient (Wildman–Crippen LogP) is 2.36. The van der Waals surface area contributed by atoms with E-state index in [1.54, 1.807) is 0 Å². The van der Waals surface area contributed by atoms with E-state index in [2.05, 4.69) is 27.4 Å². The summed E-state index contributed by atoms with van der Waals surface area (Å²) in [7, 11) is 0. The Labute approximate surface area is 142 Å². The third kappa shape index (κ3) is 3.42. The Hall–Kier alpha value is -1.80. The highest BCUT2D eigenvalue weighted by Crippen LogP contribution is 2.32. The SMILES string of the molecule is CCc1nnsc1C(=O)NNC(=O)c1cc2c(s1)CCC(C)C2. The highest BCUT2D eigenvalue weighted by atomic mass is 32.1. The van der Waals surface area contributed by atoms with Crippen LogP contribution >= 0.6 is 22.9 Å². The Balaban J connectivity index is 1.63. The predicted molar refractivity (Wildman–Crippen MR) is 89.7 cm³/mol. The van der Waals surface area contributed by atoms with Gasteiger partial charge in [0.05, 0.1) is 10.6 Å². The number of hydrazine groups is 1. The monoisotopic (exact) mass is 350 g/mol. The standard InChI is InChI=1S/C15H18N4O2S2/c1-3-10-13(23-19-16-10)15(21)18-17-14(20)12-7-9-6-8(2)4-5-11(9)22-12/h7-8H,3-6H2,1-2H3,(H,17,20)(H,18,21). The Morgan fingerprint density at radius 3 is 2.91 bits per heavy atom. The van der Waals surface area contributed by atoms with Crippen molar-refractivity contribution in [2.45, 2.75) is 39.5 Å². The number of carbonyl (C=O) groups is 2. The van der Waals surface area contributed by atoms with Crippen molar-refractivity contribution >= 4 is 34.7 Å². The van der Waals surface area contributed by atoms with Crippen LogP contribution in [0.15, 0.2) is 6.07 Å². The summed E-state index contributed by atoms with van der Waals surface area (Å²) in [5, 5.41) is 3.89. The smallest absolute Gasteiger partial charge is 0.266 e. The molecule has 0 saturated heterocycles. The number of hydrogen-bond acceptors (Lipinski definition) is 6. The molecule has 2 amide bonds. The van der Waals surface area contributed by atoms with Gasteiger partial charge >= 0.3 is 0 Å². The number of aryl methyl sites for hydroxylation is 2. The van der Waals surface area contributed by atoms with Crippen LogP contribution in [-0.2, 0) is 19.3 Å². The number of nitrogens with zero attached hydrogens (tertiary/aromatic N) is 2. The van der Waals surface area contributed by atoms with Crippen LogP contribution in [0, 0.1) is 5.92 Å². The normalized spacial score (nSPS) is 16.7. The number of fused-ring (bicyclic) bond motifs is 1. The maximum atomic E-state index is 12.2. The first kappa shape index (κ1) is 16.1. The van der Waals surface area contributed by atoms with E-state index < -0.39 is 0 Å². The van der Waals surface area contributed by atoms with Crippen LogP contribution in [0.25, 0.3) is 0 Å². The van der Waals surface area contributed by atoms with Crippen molar-refractivity contribution in [3.05, 3.63) is 32.0 Å². The number of hydrogen-bond donors (Lipinski definition) is 2. The third-order valence-electron chi connectivity index (χ3n) is 3.94. The van der Waals surface area contributed by atoms with Gasteiger partial charge in [0.25, 0.3) is 11.8 Å². The topological polar surface area (TPSA) is 84.0 Å². The van der Waals surface area contributed by atoms with Gasteiger partial charge in [0.2, 0.25) is 0 Å². The number of amides is 2. The molecule has 2 aromatic rings. The lowest BCUT2D eigenvalue weighted by atomic mass is 9.90. The minimum Gasteiger partial charge on any atom is -0.266 e. The molecule has 0 saturated carbocycles. The number of nitrogens with one attached hydrogen (secondary N) is 2. The van der Waals surface area contributed by atoms with Crippen molar-refractivity contribution in [3.63, 3.8) is 0 Å². The first-order chi connectivity index (χ1) is 11.1. The second-order valence-electron chi connectivity index (χ2n) is 5.72. The minimum atomic E-state index is -0.375. The summed E-state index contributed by atoms with van der Waals surface area (Å²) >= 11 is 2.55. The summed E-state index contributed by atoms with van der Waals surface area (Å²) in [4.78, 5) is 26.7. The molecule has 0 aromatic carbocycles. The van der Waals surface area contributed by atoms with Gasteiger partial charge < -0.3 is 0 Å². The second-order valence-corrected chi connectivity index (χ2v) is 7.61. The van der Waals surface area contributed by atoms with Crippen LogP contribution in [0.1, 0.15) is 55.7 Å². The van der Waals surface area contributed by atoms with Crippen LogP contribution in [0.4, 0.5) is 0 Å². The zero-order valence-electron chi connectivity index (χ0n) is 13.0. The molecular formula is C15H18N4O2S2. The fraction of sp³-hybridized carbons (Fsp3) is 0.467. The quantitative estimate of drug-likeness (QED) is 0.833. The summed E-state index contributed by atoms with van der Waals surface area (Å²) < 4.78 is 3.77. The van der Waals surface area contributed by atoms with Crippen molar-refractivity contribution in [2.24, 2.45) is 5.92 Å². The Kier molecular flexibility index (Phi) is 4.72. The molecule has 2 aromatic heterocycles. The molecule has 0 radical (unpaired) electrons. The van der Waals surface area contributed by atoms with Crippen LogP contribution in [0.5, 0.6) is 0 Å². The summed E-state index contributed by atoms with van der Waals surface area (Å²) in [6.07, 6.45) is 3.86. The van der Waals surface area contributed by atoms with E-state index in [-0.39, 0.29) is 11.8 Å². The van der Waals surface area contributed by atoms with Gasteiger partial charge in [-0.2, -0.15) is 0 Å². The van der Waals surface area contributed by atoms with Crippen molar-refractivity contribution in [3.8, 4) is 0 Å². The van der Waals surface area contributed by atoms with E-state index in [0.717, 1.165) is 24.4 Å². The molecule has 2 heterocycles. The van der Waals surface area contributed by atoms with Gasteiger partial charge in [-0.1, -0.05) is 18.3 Å². The van der Waals surface area contributed by atoms with Crippen molar-refractivity contribution in [2.75, 3.05) is 0 Å². The van der Waals surface area contributed by atoms with Crippen molar-refractivity contribution in [1.29, 1.82) is 0 Å². The van der Waals surface area contributed by atoms with Gasteiger partial charge in [-0.15, -0.1) is 16.4 Å². The lowest BCUT2D eigenvalue weighted by Gasteiger charge is -2.16.